The molecule has 1 N–H and O–H groups in total. The van der Waals surface area contributed by atoms with Gasteiger partial charge in [0.15, 0.2) is 0 Å². The quantitative estimate of drug-likeness (QED) is 0.700. The van der Waals surface area contributed by atoms with Crippen molar-refractivity contribution >= 4 is 0 Å². The molecule has 1 heterocycles. The number of ether oxygens (including phenoxy) is 1. The van der Waals surface area contributed by atoms with Gasteiger partial charge in [0.25, 0.3) is 0 Å². The van der Waals surface area contributed by atoms with Gasteiger partial charge in [-0.2, -0.15) is 0 Å². The first-order valence-corrected chi connectivity index (χ1v) is 5.93. The average Bonchev–Trinajstić information content (AvgIpc) is 2.65. The van der Waals surface area contributed by atoms with Crippen LogP contribution in [0.2, 0.25) is 0 Å². The van der Waals surface area contributed by atoms with E-state index in [1.165, 1.54) is 12.8 Å². The molecule has 82 valence electrons. The third-order valence-corrected chi connectivity index (χ3v) is 4.26. The first kappa shape index (κ1) is 10.4. The molecule has 2 aliphatic rings. The number of hydrogen-bond donors (Lipinski definition) is 1. The van der Waals surface area contributed by atoms with E-state index in [4.69, 9.17) is 4.74 Å². The van der Waals surface area contributed by atoms with Gasteiger partial charge in [-0.3, -0.25) is 0 Å². The summed E-state index contributed by atoms with van der Waals surface area (Å²) in [5.74, 6) is 1.52. The van der Waals surface area contributed by atoms with Gasteiger partial charge in [0.05, 0.1) is 12.2 Å². The van der Waals surface area contributed by atoms with Crippen molar-refractivity contribution in [2.45, 2.75) is 45.1 Å². The Labute approximate surface area is 86.6 Å². The van der Waals surface area contributed by atoms with E-state index in [-0.39, 0.29) is 0 Å². The Balaban J connectivity index is 2.09. The molecular formula is C12H22O2. The first-order valence-electron chi connectivity index (χ1n) is 5.93. The normalized spacial score (nSPS) is 49.5. The zero-order valence-corrected chi connectivity index (χ0v) is 9.33. The molecule has 1 saturated heterocycles. The summed E-state index contributed by atoms with van der Waals surface area (Å²) in [7, 11) is 0. The van der Waals surface area contributed by atoms with Gasteiger partial charge in [-0.15, -0.1) is 0 Å². The number of hydrogen-bond acceptors (Lipinski definition) is 2. The van der Waals surface area contributed by atoms with Crippen molar-refractivity contribution in [2.75, 3.05) is 13.2 Å². The van der Waals surface area contributed by atoms with Crippen LogP contribution in [0.15, 0.2) is 0 Å². The molecule has 2 heteroatoms. The minimum atomic E-state index is -0.436. The highest BCUT2D eigenvalue weighted by Crippen LogP contribution is 2.43. The van der Waals surface area contributed by atoms with Crippen molar-refractivity contribution in [3.63, 3.8) is 0 Å². The smallest absolute Gasteiger partial charge is 0.0726 e. The summed E-state index contributed by atoms with van der Waals surface area (Å²) >= 11 is 0. The Hall–Kier alpha value is -0.0800. The van der Waals surface area contributed by atoms with Gasteiger partial charge in [0.1, 0.15) is 0 Å². The van der Waals surface area contributed by atoms with Crippen molar-refractivity contribution < 1.29 is 9.84 Å². The van der Waals surface area contributed by atoms with Crippen LogP contribution >= 0.6 is 0 Å². The molecule has 1 aliphatic heterocycles. The van der Waals surface area contributed by atoms with Gasteiger partial charge in [-0.1, -0.05) is 20.3 Å². The molecule has 0 aromatic rings. The predicted octanol–water partition coefficient (Wildman–Crippen LogP) is 2.21. The van der Waals surface area contributed by atoms with Crippen LogP contribution in [0.3, 0.4) is 0 Å². The highest BCUT2D eigenvalue weighted by Gasteiger charge is 2.46. The molecule has 2 rings (SSSR count). The lowest BCUT2D eigenvalue weighted by Crippen LogP contribution is -2.48. The summed E-state index contributed by atoms with van der Waals surface area (Å²) in [4.78, 5) is 0. The molecule has 0 radical (unpaired) electrons. The minimum absolute atomic E-state index is 0.389. The van der Waals surface area contributed by atoms with Crippen LogP contribution in [-0.2, 0) is 4.74 Å². The molecule has 4 atom stereocenters. The van der Waals surface area contributed by atoms with Crippen molar-refractivity contribution in [1.82, 2.24) is 0 Å². The van der Waals surface area contributed by atoms with Crippen molar-refractivity contribution in [3.8, 4) is 0 Å². The fourth-order valence-electron chi connectivity index (χ4n) is 3.14. The minimum Gasteiger partial charge on any atom is -0.389 e. The standard InChI is InChI=1S/C12H22O2/c1-9-3-4-10(2)12(13,7-9)11-5-6-14-8-11/h9-11,13H,3-8H2,1-2H3. The van der Waals surface area contributed by atoms with E-state index in [9.17, 15) is 5.11 Å². The Bertz CT molecular complexity index is 198. The third-order valence-electron chi connectivity index (χ3n) is 4.26. The second-order valence-electron chi connectivity index (χ2n) is 5.34. The molecule has 2 nitrogen and oxygen atoms in total. The van der Waals surface area contributed by atoms with E-state index in [0.29, 0.717) is 17.8 Å². The van der Waals surface area contributed by atoms with Crippen molar-refractivity contribution in [1.29, 1.82) is 0 Å². The van der Waals surface area contributed by atoms with Gasteiger partial charge >= 0.3 is 0 Å². The molecule has 14 heavy (non-hydrogen) atoms. The average molecular weight is 198 g/mol. The Morgan fingerprint density at radius 2 is 2.00 bits per heavy atom. The predicted molar refractivity (Wildman–Crippen MR) is 56.1 cm³/mol. The highest BCUT2D eigenvalue weighted by atomic mass is 16.5. The zero-order chi connectivity index (χ0) is 10.2. The van der Waals surface area contributed by atoms with E-state index in [1.54, 1.807) is 0 Å². The maximum atomic E-state index is 10.7. The third kappa shape index (κ3) is 1.70. The lowest BCUT2D eigenvalue weighted by atomic mass is 9.66. The SMILES string of the molecule is CC1CCC(C)C(O)(C2CCOC2)C1. The van der Waals surface area contributed by atoms with Gasteiger partial charge in [0.2, 0.25) is 0 Å². The van der Waals surface area contributed by atoms with Crippen LogP contribution < -0.4 is 0 Å². The van der Waals surface area contributed by atoms with Gasteiger partial charge < -0.3 is 9.84 Å². The van der Waals surface area contributed by atoms with E-state index >= 15 is 0 Å². The van der Waals surface area contributed by atoms with Crippen molar-refractivity contribution in [2.24, 2.45) is 17.8 Å². The second-order valence-corrected chi connectivity index (χ2v) is 5.34. The zero-order valence-electron chi connectivity index (χ0n) is 9.33. The fraction of sp³-hybridized carbons (Fsp3) is 1.00. The molecule has 0 amide bonds. The molecule has 0 spiro atoms. The summed E-state index contributed by atoms with van der Waals surface area (Å²) in [6.45, 7) is 6.07. The molecule has 0 aromatic heterocycles. The monoisotopic (exact) mass is 198 g/mol. The Morgan fingerprint density at radius 3 is 2.64 bits per heavy atom. The summed E-state index contributed by atoms with van der Waals surface area (Å²) in [6, 6.07) is 0. The lowest BCUT2D eigenvalue weighted by molar-refractivity contribution is -0.102. The van der Waals surface area contributed by atoms with Crippen LogP contribution in [-0.4, -0.2) is 23.9 Å². The maximum absolute atomic E-state index is 10.7. The summed E-state index contributed by atoms with van der Waals surface area (Å²) in [5.41, 5.74) is -0.436. The Morgan fingerprint density at radius 1 is 1.21 bits per heavy atom. The fourth-order valence-corrected chi connectivity index (χ4v) is 3.14. The number of rotatable bonds is 1. The summed E-state index contributed by atoms with van der Waals surface area (Å²) < 4.78 is 5.40. The van der Waals surface area contributed by atoms with Crippen LogP contribution in [0.25, 0.3) is 0 Å². The maximum Gasteiger partial charge on any atom is 0.0726 e. The second kappa shape index (κ2) is 3.82. The molecular weight excluding hydrogens is 176 g/mol. The molecule has 0 aromatic carbocycles. The van der Waals surface area contributed by atoms with Gasteiger partial charge in [-0.25, -0.2) is 0 Å². The lowest BCUT2D eigenvalue weighted by Gasteiger charge is -2.44. The molecule has 1 aliphatic carbocycles. The van der Waals surface area contributed by atoms with E-state index in [1.807, 2.05) is 0 Å². The molecule has 1 saturated carbocycles. The van der Waals surface area contributed by atoms with Crippen LogP contribution in [0.4, 0.5) is 0 Å². The van der Waals surface area contributed by atoms with Gasteiger partial charge in [-0.05, 0) is 31.1 Å². The first-order chi connectivity index (χ1) is 6.63. The molecule has 2 fully saturated rings. The number of aliphatic hydroxyl groups is 1. The van der Waals surface area contributed by atoms with E-state index < -0.39 is 5.60 Å². The van der Waals surface area contributed by atoms with Crippen LogP contribution in [0.5, 0.6) is 0 Å². The summed E-state index contributed by atoms with van der Waals surface area (Å²) in [6.07, 6.45) is 4.47. The van der Waals surface area contributed by atoms with Crippen LogP contribution in [0.1, 0.15) is 39.5 Å². The van der Waals surface area contributed by atoms with E-state index in [0.717, 1.165) is 26.1 Å². The summed E-state index contributed by atoms with van der Waals surface area (Å²) in [5, 5.41) is 10.7. The van der Waals surface area contributed by atoms with E-state index in [2.05, 4.69) is 13.8 Å². The van der Waals surface area contributed by atoms with Crippen molar-refractivity contribution in [3.05, 3.63) is 0 Å². The molecule has 4 unspecified atom stereocenters. The largest absolute Gasteiger partial charge is 0.389 e. The van der Waals surface area contributed by atoms with Crippen LogP contribution in [0, 0.1) is 17.8 Å². The highest BCUT2D eigenvalue weighted by molar-refractivity contribution is 4.96. The molecule has 0 bridgehead atoms. The van der Waals surface area contributed by atoms with Gasteiger partial charge in [0, 0.05) is 12.5 Å². The Kier molecular flexibility index (Phi) is 2.85. The topological polar surface area (TPSA) is 29.5 Å².